The van der Waals surface area contributed by atoms with Gasteiger partial charge in [0.05, 0.1) is 6.61 Å². The minimum Gasteiger partial charge on any atom is -0.486 e. The minimum absolute atomic E-state index is 0.407. The van der Waals surface area contributed by atoms with Crippen molar-refractivity contribution in [1.82, 2.24) is 5.32 Å². The number of nitrogens with zero attached hydrogens (tertiary/aromatic N) is 2. The van der Waals surface area contributed by atoms with E-state index in [2.05, 4.69) is 28.5 Å². The van der Waals surface area contributed by atoms with E-state index in [0.29, 0.717) is 43.8 Å². The van der Waals surface area contributed by atoms with Crippen molar-refractivity contribution in [2.24, 2.45) is 15.7 Å². The zero-order valence-electron chi connectivity index (χ0n) is 19.6. The molecule has 0 saturated heterocycles. The van der Waals surface area contributed by atoms with Crippen molar-refractivity contribution in [2.75, 3.05) is 19.8 Å². The summed E-state index contributed by atoms with van der Waals surface area (Å²) in [7, 11) is 0. The number of hydrogen-bond acceptors (Lipinski definition) is 6. The first-order chi connectivity index (χ1) is 15.4. The molecule has 0 aliphatic carbocycles. The number of nitrogens with two attached hydrogens (primary N) is 1. The molecule has 1 aromatic rings. The van der Waals surface area contributed by atoms with E-state index in [4.69, 9.17) is 19.9 Å². The van der Waals surface area contributed by atoms with Crippen molar-refractivity contribution in [3.63, 3.8) is 0 Å². The molecular weight excluding hydrogens is 404 g/mol. The summed E-state index contributed by atoms with van der Waals surface area (Å²) in [6, 6.07) is 5.92. The highest BCUT2D eigenvalue weighted by Gasteiger charge is 2.11. The van der Waals surface area contributed by atoms with Crippen LogP contribution in [0.25, 0.3) is 0 Å². The van der Waals surface area contributed by atoms with Gasteiger partial charge >= 0.3 is 0 Å². The molecule has 0 radical (unpaired) electrons. The Bertz CT molecular complexity index is 883. The van der Waals surface area contributed by atoms with Crippen molar-refractivity contribution in [3.05, 3.63) is 59.8 Å². The van der Waals surface area contributed by atoms with Crippen LogP contribution in [-0.4, -0.2) is 31.9 Å². The Morgan fingerprint density at radius 1 is 1.12 bits per heavy atom. The molecular formula is C25H36N4O3. The molecule has 1 aliphatic heterocycles. The van der Waals surface area contributed by atoms with Crippen LogP contribution in [0.3, 0.4) is 0 Å². The largest absolute Gasteiger partial charge is 0.486 e. The van der Waals surface area contributed by atoms with Crippen LogP contribution in [0.5, 0.6) is 11.5 Å². The topological polar surface area (TPSA) is 90.5 Å². The van der Waals surface area contributed by atoms with E-state index >= 15 is 0 Å². The van der Waals surface area contributed by atoms with E-state index in [1.54, 1.807) is 0 Å². The van der Waals surface area contributed by atoms with Gasteiger partial charge in [-0.25, -0.2) is 4.99 Å². The number of nitrogens with one attached hydrogen (secondary N) is 1. The summed E-state index contributed by atoms with van der Waals surface area (Å²) < 4.78 is 16.8. The average Bonchev–Trinajstić information content (AvgIpc) is 2.75. The number of unbranched alkanes of at least 4 members (excludes halogenated alkanes) is 3. The summed E-state index contributed by atoms with van der Waals surface area (Å²) in [4.78, 5) is 8.68. The van der Waals surface area contributed by atoms with E-state index in [1.807, 2.05) is 45.2 Å². The van der Waals surface area contributed by atoms with Crippen molar-refractivity contribution in [3.8, 4) is 11.5 Å². The quantitative estimate of drug-likeness (QED) is 0.198. The van der Waals surface area contributed by atoms with Gasteiger partial charge in [0.2, 0.25) is 0 Å². The molecule has 0 spiro atoms. The maximum absolute atomic E-state index is 6.00. The SMILES string of the molecule is C=C(C)N=C(N)C(N=CCCCCCOC(=C)NCc1ccc2c(c1)OCCO2)=C(C)C. The lowest BCUT2D eigenvalue weighted by Crippen LogP contribution is -2.17. The molecule has 32 heavy (non-hydrogen) atoms. The lowest BCUT2D eigenvalue weighted by Gasteiger charge is -2.19. The molecule has 7 nitrogen and oxygen atoms in total. The van der Waals surface area contributed by atoms with E-state index in [-0.39, 0.29) is 0 Å². The van der Waals surface area contributed by atoms with Gasteiger partial charge in [-0.15, -0.1) is 0 Å². The van der Waals surface area contributed by atoms with Crippen molar-refractivity contribution in [2.45, 2.75) is 53.0 Å². The van der Waals surface area contributed by atoms with E-state index in [1.165, 1.54) is 0 Å². The third kappa shape index (κ3) is 8.88. The van der Waals surface area contributed by atoms with Crippen LogP contribution >= 0.6 is 0 Å². The van der Waals surface area contributed by atoms with Crippen LogP contribution in [0.15, 0.2) is 64.2 Å². The molecule has 0 bridgehead atoms. The van der Waals surface area contributed by atoms with Crippen LogP contribution in [0.4, 0.5) is 0 Å². The van der Waals surface area contributed by atoms with Gasteiger partial charge in [0.1, 0.15) is 24.7 Å². The summed E-state index contributed by atoms with van der Waals surface area (Å²) in [5.41, 5.74) is 9.49. The molecule has 0 fully saturated rings. The predicted molar refractivity (Wildman–Crippen MR) is 131 cm³/mol. The molecule has 3 N–H and O–H groups in total. The van der Waals surface area contributed by atoms with Gasteiger partial charge in [0.25, 0.3) is 0 Å². The fourth-order valence-electron chi connectivity index (χ4n) is 3.03. The molecule has 7 heteroatoms. The maximum Gasteiger partial charge on any atom is 0.179 e. The van der Waals surface area contributed by atoms with Gasteiger partial charge < -0.3 is 25.3 Å². The zero-order chi connectivity index (χ0) is 23.3. The van der Waals surface area contributed by atoms with Crippen LogP contribution in [0.1, 0.15) is 52.0 Å². The zero-order valence-corrected chi connectivity index (χ0v) is 19.6. The summed E-state index contributed by atoms with van der Waals surface area (Å²) >= 11 is 0. The maximum atomic E-state index is 6.00. The lowest BCUT2D eigenvalue weighted by molar-refractivity contribution is 0.171. The van der Waals surface area contributed by atoms with Gasteiger partial charge in [-0.05, 0) is 76.3 Å². The molecule has 0 aromatic heterocycles. The first-order valence-electron chi connectivity index (χ1n) is 11.0. The Morgan fingerprint density at radius 3 is 2.59 bits per heavy atom. The van der Waals surface area contributed by atoms with Crippen molar-refractivity contribution in [1.29, 1.82) is 0 Å². The second-order valence-electron chi connectivity index (χ2n) is 7.85. The Labute approximate surface area is 191 Å². The second kappa shape index (κ2) is 13.2. The molecule has 1 heterocycles. The molecule has 0 unspecified atom stereocenters. The number of amidine groups is 1. The number of fused-ring (bicyclic) bond motifs is 1. The average molecular weight is 441 g/mol. The fourth-order valence-corrected chi connectivity index (χ4v) is 3.03. The smallest absolute Gasteiger partial charge is 0.179 e. The third-order valence-electron chi connectivity index (χ3n) is 4.60. The highest BCUT2D eigenvalue weighted by Crippen LogP contribution is 2.30. The van der Waals surface area contributed by atoms with Crippen LogP contribution in [-0.2, 0) is 11.3 Å². The molecule has 0 amide bonds. The molecule has 2 rings (SSSR count). The summed E-state index contributed by atoms with van der Waals surface area (Å²) in [5.74, 6) is 2.56. The van der Waals surface area contributed by atoms with Crippen LogP contribution < -0.4 is 20.5 Å². The predicted octanol–water partition coefficient (Wildman–Crippen LogP) is 4.85. The summed E-state index contributed by atoms with van der Waals surface area (Å²) in [6.07, 6.45) is 5.80. The number of ether oxygens (including phenoxy) is 3. The number of hydrogen-bond donors (Lipinski definition) is 2. The summed E-state index contributed by atoms with van der Waals surface area (Å²) in [6.45, 7) is 15.9. The van der Waals surface area contributed by atoms with Gasteiger partial charge in [0, 0.05) is 18.5 Å². The Morgan fingerprint density at radius 2 is 1.88 bits per heavy atom. The van der Waals surface area contributed by atoms with Crippen molar-refractivity contribution >= 4 is 12.1 Å². The lowest BCUT2D eigenvalue weighted by atomic mass is 10.2. The van der Waals surface area contributed by atoms with E-state index < -0.39 is 0 Å². The highest BCUT2D eigenvalue weighted by molar-refractivity contribution is 5.98. The summed E-state index contributed by atoms with van der Waals surface area (Å²) in [5, 5.41) is 3.20. The van der Waals surface area contributed by atoms with Gasteiger partial charge in [-0.2, -0.15) is 0 Å². The highest BCUT2D eigenvalue weighted by atomic mass is 16.6. The number of allylic oxidation sites excluding steroid dienone is 2. The first-order valence-corrected chi connectivity index (χ1v) is 11.0. The second-order valence-corrected chi connectivity index (χ2v) is 7.85. The Hall–Kier alpha value is -3.22. The number of benzene rings is 1. The minimum atomic E-state index is 0.407. The van der Waals surface area contributed by atoms with Gasteiger partial charge in [0.15, 0.2) is 17.4 Å². The molecule has 1 aliphatic rings. The van der Waals surface area contributed by atoms with E-state index in [9.17, 15) is 0 Å². The van der Waals surface area contributed by atoms with E-state index in [0.717, 1.165) is 54.0 Å². The molecule has 0 saturated carbocycles. The number of aliphatic imine (C=N–C) groups is 2. The normalized spacial score (nSPS) is 13.0. The van der Waals surface area contributed by atoms with Crippen LogP contribution in [0, 0.1) is 0 Å². The first kappa shape index (κ1) is 25.0. The Balaban J connectivity index is 1.59. The fraction of sp³-hybridized carbons (Fsp3) is 0.440. The number of rotatable bonds is 13. The van der Waals surface area contributed by atoms with Crippen LogP contribution in [0.2, 0.25) is 0 Å². The molecule has 0 atom stereocenters. The third-order valence-corrected chi connectivity index (χ3v) is 4.60. The van der Waals surface area contributed by atoms with Gasteiger partial charge in [-0.3, -0.25) is 4.99 Å². The Kier molecular flexibility index (Phi) is 10.4. The van der Waals surface area contributed by atoms with Gasteiger partial charge in [-0.1, -0.05) is 12.6 Å². The monoisotopic (exact) mass is 440 g/mol. The molecule has 174 valence electrons. The van der Waals surface area contributed by atoms with Crippen molar-refractivity contribution < 1.29 is 14.2 Å². The molecule has 1 aromatic carbocycles. The standard InChI is InChI=1S/C25H36N4O3/c1-18(2)24(25(26)29-19(3)4)27-12-8-6-7-9-13-30-20(5)28-17-21-10-11-22-23(16-21)32-15-14-31-22/h10-12,16,28H,3,5-9,13-15,17H2,1-2,4H3,(H2,26,29).